The number of carbonyl (C=O) groups is 2. The molecule has 0 aliphatic heterocycles. The normalized spacial score (nSPS) is 10.2. The van der Waals surface area contributed by atoms with Crippen molar-refractivity contribution < 1.29 is 19.1 Å². The number of amides is 2. The summed E-state index contributed by atoms with van der Waals surface area (Å²) in [7, 11) is 0. The first-order valence-corrected chi connectivity index (χ1v) is 9.58. The molecule has 0 fully saturated rings. The molecule has 0 saturated carbocycles. The summed E-state index contributed by atoms with van der Waals surface area (Å²) < 4.78 is 11.2. The van der Waals surface area contributed by atoms with Crippen LogP contribution in [0.2, 0.25) is 0 Å². The number of nitrogens with one attached hydrogen (secondary N) is 2. The third-order valence-electron chi connectivity index (χ3n) is 4.00. The highest BCUT2D eigenvalue weighted by atomic mass is 16.5. The van der Waals surface area contributed by atoms with Crippen molar-refractivity contribution in [3.63, 3.8) is 0 Å². The van der Waals surface area contributed by atoms with Crippen LogP contribution in [-0.4, -0.2) is 38.1 Å². The monoisotopic (exact) mass is 384 g/mol. The summed E-state index contributed by atoms with van der Waals surface area (Å²) in [6.45, 7) is 5.44. The summed E-state index contributed by atoms with van der Waals surface area (Å²) in [6, 6.07) is 15.2. The molecule has 2 rings (SSSR count). The van der Waals surface area contributed by atoms with Crippen molar-refractivity contribution >= 4 is 11.8 Å². The zero-order valence-corrected chi connectivity index (χ0v) is 16.5. The molecular weight excluding hydrogens is 356 g/mol. The largest absolute Gasteiger partial charge is 0.490 e. The quantitative estimate of drug-likeness (QED) is 0.624. The van der Waals surface area contributed by atoms with E-state index in [1.54, 1.807) is 0 Å². The minimum absolute atomic E-state index is 0.0286. The maximum atomic E-state index is 11.9. The second kappa shape index (κ2) is 11.6. The molecular formula is C22H28N2O4. The third kappa shape index (κ3) is 7.31. The maximum Gasteiger partial charge on any atom is 0.239 e. The Labute approximate surface area is 166 Å². The smallest absolute Gasteiger partial charge is 0.239 e. The standard InChI is InChI=1S/C22H28N2O4/c1-3-27-19-11-10-18(14-20(19)28-4-2)12-13-23-22(26)16-24-21(25)15-17-8-6-5-7-9-17/h5-11,14H,3-4,12-13,15-16H2,1-2H3,(H,23,26)(H,24,25). The Kier molecular flexibility index (Phi) is 8.85. The molecule has 0 radical (unpaired) electrons. The molecule has 0 spiro atoms. The van der Waals surface area contributed by atoms with Gasteiger partial charge >= 0.3 is 0 Å². The molecule has 2 aromatic rings. The minimum Gasteiger partial charge on any atom is -0.490 e. The molecule has 0 unspecified atom stereocenters. The van der Waals surface area contributed by atoms with Crippen LogP contribution in [0.15, 0.2) is 48.5 Å². The van der Waals surface area contributed by atoms with Gasteiger partial charge in [0.25, 0.3) is 0 Å². The van der Waals surface area contributed by atoms with E-state index in [1.807, 2.05) is 62.4 Å². The molecule has 0 heterocycles. The summed E-state index contributed by atoms with van der Waals surface area (Å²) in [5.74, 6) is 1.05. The van der Waals surface area contributed by atoms with Crippen molar-refractivity contribution in [2.24, 2.45) is 0 Å². The lowest BCUT2D eigenvalue weighted by Gasteiger charge is -2.12. The number of carbonyl (C=O) groups excluding carboxylic acids is 2. The van der Waals surface area contributed by atoms with Crippen LogP contribution < -0.4 is 20.1 Å². The Morgan fingerprint density at radius 2 is 1.54 bits per heavy atom. The molecule has 2 aromatic carbocycles. The summed E-state index contributed by atoms with van der Waals surface area (Å²) in [5, 5.41) is 5.46. The molecule has 2 N–H and O–H groups in total. The first-order valence-electron chi connectivity index (χ1n) is 9.58. The van der Waals surface area contributed by atoms with E-state index in [4.69, 9.17) is 9.47 Å². The highest BCUT2D eigenvalue weighted by Gasteiger charge is 2.08. The van der Waals surface area contributed by atoms with Crippen LogP contribution in [0, 0.1) is 0 Å². The van der Waals surface area contributed by atoms with E-state index in [9.17, 15) is 9.59 Å². The summed E-state index contributed by atoms with van der Waals surface area (Å²) in [6.07, 6.45) is 0.927. The van der Waals surface area contributed by atoms with Crippen LogP contribution in [0.3, 0.4) is 0 Å². The van der Waals surface area contributed by atoms with Crippen molar-refractivity contribution in [2.45, 2.75) is 26.7 Å². The third-order valence-corrected chi connectivity index (χ3v) is 4.00. The molecule has 6 nitrogen and oxygen atoms in total. The van der Waals surface area contributed by atoms with E-state index in [-0.39, 0.29) is 24.8 Å². The molecule has 0 atom stereocenters. The van der Waals surface area contributed by atoms with Crippen molar-refractivity contribution in [1.29, 1.82) is 0 Å². The molecule has 0 aliphatic rings. The lowest BCUT2D eigenvalue weighted by Crippen LogP contribution is -2.38. The number of benzene rings is 2. The molecule has 6 heteroatoms. The highest BCUT2D eigenvalue weighted by molar-refractivity contribution is 5.85. The Hall–Kier alpha value is -3.02. The van der Waals surface area contributed by atoms with Gasteiger partial charge < -0.3 is 20.1 Å². The Morgan fingerprint density at radius 3 is 2.25 bits per heavy atom. The van der Waals surface area contributed by atoms with Gasteiger partial charge in [-0.25, -0.2) is 0 Å². The van der Waals surface area contributed by atoms with Gasteiger partial charge in [-0.3, -0.25) is 9.59 Å². The number of hydrogen-bond donors (Lipinski definition) is 2. The van der Waals surface area contributed by atoms with Gasteiger partial charge in [0.1, 0.15) is 0 Å². The fraction of sp³-hybridized carbons (Fsp3) is 0.364. The lowest BCUT2D eigenvalue weighted by atomic mass is 10.1. The number of hydrogen-bond acceptors (Lipinski definition) is 4. The van der Waals surface area contributed by atoms with Crippen LogP contribution in [0.4, 0.5) is 0 Å². The van der Waals surface area contributed by atoms with E-state index in [2.05, 4.69) is 10.6 Å². The van der Waals surface area contributed by atoms with Gasteiger partial charge in [-0.15, -0.1) is 0 Å². The topological polar surface area (TPSA) is 76.7 Å². The van der Waals surface area contributed by atoms with E-state index < -0.39 is 0 Å². The Morgan fingerprint density at radius 1 is 0.821 bits per heavy atom. The molecule has 0 bridgehead atoms. The maximum absolute atomic E-state index is 11.9. The zero-order chi connectivity index (χ0) is 20.2. The highest BCUT2D eigenvalue weighted by Crippen LogP contribution is 2.28. The average Bonchev–Trinajstić information content (AvgIpc) is 2.69. The summed E-state index contributed by atoms with van der Waals surface area (Å²) in [4.78, 5) is 23.8. The van der Waals surface area contributed by atoms with Crippen molar-refractivity contribution in [3.8, 4) is 11.5 Å². The summed E-state index contributed by atoms with van der Waals surface area (Å²) >= 11 is 0. The Balaban J connectivity index is 1.72. The van der Waals surface area contributed by atoms with Crippen LogP contribution >= 0.6 is 0 Å². The Bertz CT molecular complexity index is 762. The first kappa shape index (κ1) is 21.3. The van der Waals surface area contributed by atoms with Crippen LogP contribution in [0.25, 0.3) is 0 Å². The minimum atomic E-state index is -0.211. The summed E-state index contributed by atoms with van der Waals surface area (Å²) in [5.41, 5.74) is 1.96. The van der Waals surface area contributed by atoms with Crippen molar-refractivity contribution in [3.05, 3.63) is 59.7 Å². The van der Waals surface area contributed by atoms with E-state index in [1.165, 1.54) is 0 Å². The molecule has 150 valence electrons. The zero-order valence-electron chi connectivity index (χ0n) is 16.5. The second-order valence-electron chi connectivity index (χ2n) is 6.19. The fourth-order valence-corrected chi connectivity index (χ4v) is 2.68. The van der Waals surface area contributed by atoms with Gasteiger partial charge in [0.05, 0.1) is 26.2 Å². The van der Waals surface area contributed by atoms with Crippen molar-refractivity contribution in [1.82, 2.24) is 10.6 Å². The van der Waals surface area contributed by atoms with Gasteiger partial charge in [0, 0.05) is 6.54 Å². The predicted octanol–water partition coefficient (Wildman–Crippen LogP) is 2.50. The van der Waals surface area contributed by atoms with Gasteiger partial charge in [-0.1, -0.05) is 36.4 Å². The van der Waals surface area contributed by atoms with E-state index in [0.717, 1.165) is 16.9 Å². The van der Waals surface area contributed by atoms with E-state index >= 15 is 0 Å². The van der Waals surface area contributed by atoms with Crippen molar-refractivity contribution in [2.75, 3.05) is 26.3 Å². The van der Waals surface area contributed by atoms with Gasteiger partial charge in [0.2, 0.25) is 11.8 Å². The fourth-order valence-electron chi connectivity index (χ4n) is 2.68. The van der Waals surface area contributed by atoms with Crippen LogP contribution in [0.1, 0.15) is 25.0 Å². The van der Waals surface area contributed by atoms with E-state index in [0.29, 0.717) is 31.9 Å². The van der Waals surface area contributed by atoms with Crippen LogP contribution in [-0.2, 0) is 22.4 Å². The second-order valence-corrected chi connectivity index (χ2v) is 6.19. The molecule has 0 aliphatic carbocycles. The number of ether oxygens (including phenoxy) is 2. The average molecular weight is 384 g/mol. The van der Waals surface area contributed by atoms with Gasteiger partial charge in [0.15, 0.2) is 11.5 Å². The SMILES string of the molecule is CCOc1ccc(CCNC(=O)CNC(=O)Cc2ccccc2)cc1OCC. The molecule has 0 aromatic heterocycles. The van der Waals surface area contributed by atoms with Crippen LogP contribution in [0.5, 0.6) is 11.5 Å². The molecule has 0 saturated heterocycles. The predicted molar refractivity (Wildman–Crippen MR) is 109 cm³/mol. The van der Waals surface area contributed by atoms with Gasteiger partial charge in [-0.05, 0) is 43.5 Å². The molecule has 2 amide bonds. The first-order chi connectivity index (χ1) is 13.6. The van der Waals surface area contributed by atoms with Gasteiger partial charge in [-0.2, -0.15) is 0 Å². The lowest BCUT2D eigenvalue weighted by molar-refractivity contribution is -0.125. The number of rotatable bonds is 11. The molecule has 28 heavy (non-hydrogen) atoms.